The molecule has 0 atom stereocenters. The molecule has 2 aromatic rings. The van der Waals surface area contributed by atoms with Crippen molar-refractivity contribution in [3.63, 3.8) is 0 Å². The molecule has 1 amide bonds. The van der Waals surface area contributed by atoms with Gasteiger partial charge in [0.1, 0.15) is 5.75 Å². The summed E-state index contributed by atoms with van der Waals surface area (Å²) in [5, 5.41) is 2.80. The Hall–Kier alpha value is -2.38. The number of para-hydroxylation sites is 1. The van der Waals surface area contributed by atoms with Gasteiger partial charge in [-0.15, -0.1) is 0 Å². The van der Waals surface area contributed by atoms with Crippen LogP contribution in [0.25, 0.3) is 0 Å². The average Bonchev–Trinajstić information content (AvgIpc) is 2.60. The Morgan fingerprint density at radius 3 is 2.52 bits per heavy atom. The normalized spacial score (nSPS) is 11.4. The summed E-state index contributed by atoms with van der Waals surface area (Å²) in [6, 6.07) is 15.0. The van der Waals surface area contributed by atoms with Crippen LogP contribution >= 0.6 is 0 Å². The van der Waals surface area contributed by atoms with Crippen LogP contribution in [0.5, 0.6) is 5.75 Å². The molecule has 146 valence electrons. The number of sulfonamides is 1. The van der Waals surface area contributed by atoms with Crippen molar-refractivity contribution < 1.29 is 17.9 Å². The molecule has 1 N–H and O–H groups in total. The van der Waals surface area contributed by atoms with E-state index in [1.807, 2.05) is 49.4 Å². The molecule has 0 saturated heterocycles. The van der Waals surface area contributed by atoms with Gasteiger partial charge in [0.2, 0.25) is 15.9 Å². The minimum atomic E-state index is -3.42. The minimum Gasteiger partial charge on any atom is -0.496 e. The van der Waals surface area contributed by atoms with Crippen molar-refractivity contribution in [2.24, 2.45) is 0 Å². The van der Waals surface area contributed by atoms with Gasteiger partial charge in [0, 0.05) is 25.2 Å². The fraction of sp³-hybridized carbons (Fsp3) is 0.350. The maximum Gasteiger partial charge on any atom is 0.225 e. The summed E-state index contributed by atoms with van der Waals surface area (Å²) >= 11 is 0. The van der Waals surface area contributed by atoms with Gasteiger partial charge in [0.05, 0.1) is 13.4 Å². The molecule has 0 aliphatic carbocycles. The Morgan fingerprint density at radius 1 is 1.11 bits per heavy atom. The van der Waals surface area contributed by atoms with E-state index in [4.69, 9.17) is 4.74 Å². The van der Waals surface area contributed by atoms with Crippen LogP contribution in [0.2, 0.25) is 0 Å². The number of nitrogens with one attached hydrogen (secondary N) is 1. The number of amides is 1. The number of carbonyl (C=O) groups excluding carboxylic acids is 1. The maximum absolute atomic E-state index is 12.2. The standard InChI is InChI=1S/C20H26N2O4S/c1-16-7-6-9-18(15-16)21-20(23)12-14-22(27(3,24)25)13-11-17-8-4-5-10-19(17)26-2/h4-10,15H,11-14H2,1-3H3,(H,21,23). The number of ether oxygens (including phenoxy) is 1. The van der Waals surface area contributed by atoms with Gasteiger partial charge in [-0.3, -0.25) is 4.79 Å². The lowest BCUT2D eigenvalue weighted by atomic mass is 10.1. The molecule has 0 aliphatic heterocycles. The van der Waals surface area contributed by atoms with Crippen LogP contribution in [0.15, 0.2) is 48.5 Å². The Balaban J connectivity index is 1.95. The van der Waals surface area contributed by atoms with Crippen molar-refractivity contribution in [2.45, 2.75) is 19.8 Å². The number of carbonyl (C=O) groups is 1. The maximum atomic E-state index is 12.2. The zero-order chi connectivity index (χ0) is 19.9. The van der Waals surface area contributed by atoms with E-state index in [1.165, 1.54) is 4.31 Å². The van der Waals surface area contributed by atoms with E-state index in [0.29, 0.717) is 12.1 Å². The summed E-state index contributed by atoms with van der Waals surface area (Å²) < 4.78 is 30.8. The van der Waals surface area contributed by atoms with Crippen LogP contribution in [0.3, 0.4) is 0 Å². The molecule has 0 bridgehead atoms. The number of anilines is 1. The third kappa shape index (κ3) is 6.69. The molecule has 0 spiro atoms. The van der Waals surface area contributed by atoms with E-state index < -0.39 is 10.0 Å². The van der Waals surface area contributed by atoms with E-state index in [9.17, 15) is 13.2 Å². The Morgan fingerprint density at radius 2 is 1.85 bits per heavy atom. The predicted molar refractivity (Wildman–Crippen MR) is 108 cm³/mol. The van der Waals surface area contributed by atoms with E-state index in [-0.39, 0.29) is 25.4 Å². The van der Waals surface area contributed by atoms with Crippen LogP contribution in [0, 0.1) is 6.92 Å². The van der Waals surface area contributed by atoms with E-state index in [0.717, 1.165) is 23.1 Å². The number of hydrogen-bond donors (Lipinski definition) is 1. The second kappa shape index (κ2) is 9.53. The average molecular weight is 391 g/mol. The molecule has 0 saturated carbocycles. The smallest absolute Gasteiger partial charge is 0.225 e. The van der Waals surface area contributed by atoms with Crippen molar-refractivity contribution in [1.29, 1.82) is 0 Å². The third-order valence-corrected chi connectivity index (χ3v) is 5.49. The number of aryl methyl sites for hydroxylation is 1. The number of benzene rings is 2. The van der Waals surface area contributed by atoms with Gasteiger partial charge in [-0.25, -0.2) is 12.7 Å². The lowest BCUT2D eigenvalue weighted by molar-refractivity contribution is -0.116. The molecular weight excluding hydrogens is 364 g/mol. The van der Waals surface area contributed by atoms with E-state index >= 15 is 0 Å². The molecule has 0 radical (unpaired) electrons. The van der Waals surface area contributed by atoms with Crippen LogP contribution in [-0.2, 0) is 21.2 Å². The van der Waals surface area contributed by atoms with Gasteiger partial charge in [-0.05, 0) is 42.7 Å². The molecule has 7 heteroatoms. The van der Waals surface area contributed by atoms with Gasteiger partial charge in [0.25, 0.3) is 0 Å². The highest BCUT2D eigenvalue weighted by Gasteiger charge is 2.18. The molecule has 0 heterocycles. The van der Waals surface area contributed by atoms with Crippen LogP contribution in [-0.4, -0.2) is 45.1 Å². The lowest BCUT2D eigenvalue weighted by Crippen LogP contribution is -2.34. The molecule has 2 aromatic carbocycles. The molecule has 0 unspecified atom stereocenters. The van der Waals surface area contributed by atoms with E-state index in [1.54, 1.807) is 13.2 Å². The molecule has 0 aromatic heterocycles. The molecule has 0 fully saturated rings. The fourth-order valence-electron chi connectivity index (χ4n) is 2.77. The van der Waals surface area contributed by atoms with Gasteiger partial charge >= 0.3 is 0 Å². The van der Waals surface area contributed by atoms with Crippen molar-refractivity contribution in [3.8, 4) is 5.75 Å². The topological polar surface area (TPSA) is 75.7 Å². The molecule has 2 rings (SSSR count). The minimum absolute atomic E-state index is 0.0902. The van der Waals surface area contributed by atoms with Crippen molar-refractivity contribution in [3.05, 3.63) is 59.7 Å². The van der Waals surface area contributed by atoms with Crippen molar-refractivity contribution >= 4 is 21.6 Å². The van der Waals surface area contributed by atoms with Gasteiger partial charge in [0.15, 0.2) is 0 Å². The SMILES string of the molecule is COc1ccccc1CCN(CCC(=O)Nc1cccc(C)c1)S(C)(=O)=O. The zero-order valence-corrected chi connectivity index (χ0v) is 16.8. The largest absolute Gasteiger partial charge is 0.496 e. The molecule has 27 heavy (non-hydrogen) atoms. The lowest BCUT2D eigenvalue weighted by Gasteiger charge is -2.20. The van der Waals surface area contributed by atoms with Crippen LogP contribution in [0.4, 0.5) is 5.69 Å². The first-order valence-electron chi connectivity index (χ1n) is 8.73. The fourth-order valence-corrected chi connectivity index (χ4v) is 3.62. The van der Waals surface area contributed by atoms with Gasteiger partial charge in [-0.1, -0.05) is 30.3 Å². The van der Waals surface area contributed by atoms with Gasteiger partial charge < -0.3 is 10.1 Å². The number of hydrogen-bond acceptors (Lipinski definition) is 4. The Bertz CT molecular complexity index is 881. The summed E-state index contributed by atoms with van der Waals surface area (Å²) in [5.74, 6) is 0.509. The Labute approximate surface area is 161 Å². The number of nitrogens with zero attached hydrogens (tertiary/aromatic N) is 1. The highest BCUT2D eigenvalue weighted by molar-refractivity contribution is 7.88. The zero-order valence-electron chi connectivity index (χ0n) is 15.9. The first kappa shape index (κ1) is 20.9. The monoisotopic (exact) mass is 390 g/mol. The second-order valence-electron chi connectivity index (χ2n) is 6.39. The Kier molecular flexibility index (Phi) is 7.38. The van der Waals surface area contributed by atoms with Crippen molar-refractivity contribution in [1.82, 2.24) is 4.31 Å². The molecular formula is C20H26N2O4S. The first-order valence-corrected chi connectivity index (χ1v) is 10.6. The predicted octanol–water partition coefficient (Wildman–Crippen LogP) is 2.84. The first-order chi connectivity index (χ1) is 12.8. The molecule has 6 nitrogen and oxygen atoms in total. The van der Waals surface area contributed by atoms with E-state index in [2.05, 4.69) is 5.32 Å². The summed E-state index contributed by atoms with van der Waals surface area (Å²) in [6.45, 7) is 2.36. The second-order valence-corrected chi connectivity index (χ2v) is 8.37. The summed E-state index contributed by atoms with van der Waals surface area (Å²) in [6.07, 6.45) is 1.76. The summed E-state index contributed by atoms with van der Waals surface area (Å²) in [4.78, 5) is 12.2. The quantitative estimate of drug-likeness (QED) is 0.714. The number of rotatable bonds is 9. The highest BCUT2D eigenvalue weighted by Crippen LogP contribution is 2.18. The van der Waals surface area contributed by atoms with Crippen LogP contribution in [0.1, 0.15) is 17.5 Å². The summed E-state index contributed by atoms with van der Waals surface area (Å²) in [7, 11) is -1.83. The number of methoxy groups -OCH3 is 1. The summed E-state index contributed by atoms with van der Waals surface area (Å²) in [5.41, 5.74) is 2.68. The highest BCUT2D eigenvalue weighted by atomic mass is 32.2. The van der Waals surface area contributed by atoms with Crippen LogP contribution < -0.4 is 10.1 Å². The van der Waals surface area contributed by atoms with Crippen molar-refractivity contribution in [2.75, 3.05) is 31.8 Å². The molecule has 0 aliphatic rings. The van der Waals surface area contributed by atoms with Gasteiger partial charge in [-0.2, -0.15) is 0 Å². The third-order valence-electron chi connectivity index (χ3n) is 4.18.